The highest BCUT2D eigenvalue weighted by Crippen LogP contribution is 2.30. The van der Waals surface area contributed by atoms with E-state index in [1.165, 1.54) is 31.5 Å². The largest absolute Gasteiger partial charge is 0.493 e. The van der Waals surface area contributed by atoms with Crippen molar-refractivity contribution >= 4 is 45.6 Å². The number of rotatable bonds is 6. The standard InChI is InChI=1S/C24H17BrF3N3O5/c1-35-20-12-14(6-11-19(20)36-23(34)17-4-2-3-5-18(17)25)13-29-31-22(33)21(32)30-16-9-7-15(8-10-16)24(26,27)28/h2-13H,1H3,(H,30,32)(H,31,33). The summed E-state index contributed by atoms with van der Waals surface area (Å²) in [4.78, 5) is 36.3. The zero-order valence-corrected chi connectivity index (χ0v) is 20.0. The number of nitrogens with zero attached hydrogens (tertiary/aromatic N) is 1. The summed E-state index contributed by atoms with van der Waals surface area (Å²) in [6.07, 6.45) is -3.30. The van der Waals surface area contributed by atoms with E-state index in [9.17, 15) is 27.6 Å². The van der Waals surface area contributed by atoms with Crippen molar-refractivity contribution in [2.24, 2.45) is 5.10 Å². The molecule has 0 spiro atoms. The van der Waals surface area contributed by atoms with Crippen molar-refractivity contribution in [2.45, 2.75) is 6.18 Å². The number of carbonyl (C=O) groups is 3. The molecule has 12 heteroatoms. The van der Waals surface area contributed by atoms with Crippen molar-refractivity contribution in [2.75, 3.05) is 12.4 Å². The Morgan fingerprint density at radius 3 is 2.28 bits per heavy atom. The molecule has 0 atom stereocenters. The van der Waals surface area contributed by atoms with Crippen LogP contribution in [0.4, 0.5) is 18.9 Å². The Labute approximate surface area is 211 Å². The number of halogens is 4. The van der Waals surface area contributed by atoms with Crippen LogP contribution < -0.4 is 20.2 Å². The maximum absolute atomic E-state index is 12.6. The molecule has 0 aliphatic rings. The van der Waals surface area contributed by atoms with Gasteiger partial charge in [-0.15, -0.1) is 0 Å². The first-order valence-electron chi connectivity index (χ1n) is 10.0. The summed E-state index contributed by atoms with van der Waals surface area (Å²) in [6.45, 7) is 0. The van der Waals surface area contributed by atoms with E-state index in [1.807, 2.05) is 5.43 Å². The molecule has 2 N–H and O–H groups in total. The first kappa shape index (κ1) is 26.4. The third kappa shape index (κ3) is 6.92. The van der Waals surface area contributed by atoms with Crippen LogP contribution in [0.5, 0.6) is 11.5 Å². The zero-order valence-electron chi connectivity index (χ0n) is 18.4. The molecule has 0 radical (unpaired) electrons. The molecule has 8 nitrogen and oxygen atoms in total. The summed E-state index contributed by atoms with van der Waals surface area (Å²) in [7, 11) is 1.37. The maximum Gasteiger partial charge on any atom is 0.416 e. The number of esters is 1. The van der Waals surface area contributed by atoms with Crippen LogP contribution in [-0.4, -0.2) is 31.1 Å². The number of carbonyl (C=O) groups excluding carboxylic acids is 3. The molecular weight excluding hydrogens is 547 g/mol. The van der Waals surface area contributed by atoms with E-state index < -0.39 is 29.5 Å². The minimum Gasteiger partial charge on any atom is -0.493 e. The predicted molar refractivity (Wildman–Crippen MR) is 128 cm³/mol. The van der Waals surface area contributed by atoms with Crippen LogP contribution in [0.2, 0.25) is 0 Å². The highest BCUT2D eigenvalue weighted by Gasteiger charge is 2.30. The average Bonchev–Trinajstić information content (AvgIpc) is 2.84. The van der Waals surface area contributed by atoms with Crippen LogP contribution in [0.25, 0.3) is 0 Å². The molecule has 186 valence electrons. The molecule has 3 aromatic rings. The van der Waals surface area contributed by atoms with Crippen molar-refractivity contribution in [3.63, 3.8) is 0 Å². The number of hydrogen-bond acceptors (Lipinski definition) is 6. The van der Waals surface area contributed by atoms with E-state index in [-0.39, 0.29) is 17.2 Å². The number of methoxy groups -OCH3 is 1. The van der Waals surface area contributed by atoms with Crippen molar-refractivity contribution < 1.29 is 37.0 Å². The van der Waals surface area contributed by atoms with Gasteiger partial charge in [0.15, 0.2) is 11.5 Å². The van der Waals surface area contributed by atoms with Crippen LogP contribution in [-0.2, 0) is 15.8 Å². The van der Waals surface area contributed by atoms with E-state index in [2.05, 4.69) is 26.3 Å². The molecule has 3 aromatic carbocycles. The number of benzene rings is 3. The quantitative estimate of drug-likeness (QED) is 0.147. The van der Waals surface area contributed by atoms with Gasteiger partial charge in [0.05, 0.1) is 24.5 Å². The monoisotopic (exact) mass is 563 g/mol. The molecule has 3 rings (SSSR count). The fraction of sp³-hybridized carbons (Fsp3) is 0.0833. The molecule has 36 heavy (non-hydrogen) atoms. The van der Waals surface area contributed by atoms with Crippen molar-refractivity contribution in [1.29, 1.82) is 0 Å². The SMILES string of the molecule is COc1cc(C=NNC(=O)C(=O)Nc2ccc(C(F)(F)F)cc2)ccc1OC(=O)c1ccccc1Br. The van der Waals surface area contributed by atoms with Gasteiger partial charge >= 0.3 is 24.0 Å². The van der Waals surface area contributed by atoms with Gasteiger partial charge in [0.25, 0.3) is 0 Å². The number of ether oxygens (including phenoxy) is 2. The minimum absolute atomic E-state index is 0.00420. The number of anilines is 1. The average molecular weight is 564 g/mol. The molecular formula is C24H17BrF3N3O5. The lowest BCUT2D eigenvalue weighted by atomic mass is 10.2. The molecule has 0 aliphatic carbocycles. The minimum atomic E-state index is -4.52. The van der Waals surface area contributed by atoms with Gasteiger partial charge in [-0.2, -0.15) is 18.3 Å². The highest BCUT2D eigenvalue weighted by atomic mass is 79.9. The van der Waals surface area contributed by atoms with Gasteiger partial charge in [-0.3, -0.25) is 9.59 Å². The summed E-state index contributed by atoms with van der Waals surface area (Å²) in [6, 6.07) is 14.8. The molecule has 0 bridgehead atoms. The van der Waals surface area contributed by atoms with Gasteiger partial charge < -0.3 is 14.8 Å². The first-order chi connectivity index (χ1) is 17.1. The van der Waals surface area contributed by atoms with Gasteiger partial charge in [-0.05, 0) is 76.1 Å². The number of nitrogens with one attached hydrogen (secondary N) is 2. The van der Waals surface area contributed by atoms with Gasteiger partial charge in [0.2, 0.25) is 0 Å². The summed E-state index contributed by atoms with van der Waals surface area (Å²) in [5.74, 6) is -2.51. The molecule has 0 heterocycles. The van der Waals surface area contributed by atoms with E-state index in [4.69, 9.17) is 9.47 Å². The molecule has 0 fully saturated rings. The Kier molecular flexibility index (Phi) is 8.43. The third-order valence-corrected chi connectivity index (χ3v) is 5.23. The Hall–Kier alpha value is -4.19. The van der Waals surface area contributed by atoms with Gasteiger partial charge in [0, 0.05) is 10.2 Å². The fourth-order valence-electron chi connectivity index (χ4n) is 2.78. The van der Waals surface area contributed by atoms with E-state index >= 15 is 0 Å². The normalized spacial score (nSPS) is 11.1. The molecule has 2 amide bonds. The zero-order chi connectivity index (χ0) is 26.3. The molecule has 0 aliphatic heterocycles. The van der Waals surface area contributed by atoms with Crippen LogP contribution in [0.15, 0.2) is 76.3 Å². The molecule has 0 saturated heterocycles. The van der Waals surface area contributed by atoms with Gasteiger partial charge in [-0.25, -0.2) is 10.2 Å². The molecule has 0 unspecified atom stereocenters. The predicted octanol–water partition coefficient (Wildman–Crippen LogP) is 4.78. The van der Waals surface area contributed by atoms with E-state index in [0.717, 1.165) is 24.3 Å². The Balaban J connectivity index is 1.59. The molecule has 0 aromatic heterocycles. The Morgan fingerprint density at radius 2 is 1.64 bits per heavy atom. The Morgan fingerprint density at radius 1 is 0.944 bits per heavy atom. The van der Waals surface area contributed by atoms with E-state index in [1.54, 1.807) is 24.3 Å². The smallest absolute Gasteiger partial charge is 0.416 e. The number of amides is 2. The lowest BCUT2D eigenvalue weighted by Gasteiger charge is -2.10. The van der Waals surface area contributed by atoms with E-state index in [0.29, 0.717) is 15.6 Å². The highest BCUT2D eigenvalue weighted by molar-refractivity contribution is 9.10. The lowest BCUT2D eigenvalue weighted by Crippen LogP contribution is -2.32. The van der Waals surface area contributed by atoms with Crippen LogP contribution in [0.1, 0.15) is 21.5 Å². The van der Waals surface area contributed by atoms with Crippen molar-refractivity contribution in [1.82, 2.24) is 5.43 Å². The second-order valence-corrected chi connectivity index (χ2v) is 7.86. The van der Waals surface area contributed by atoms with Gasteiger partial charge in [0.1, 0.15) is 0 Å². The topological polar surface area (TPSA) is 106 Å². The van der Waals surface area contributed by atoms with Crippen LogP contribution >= 0.6 is 15.9 Å². The van der Waals surface area contributed by atoms with Crippen LogP contribution in [0.3, 0.4) is 0 Å². The summed E-state index contributed by atoms with van der Waals surface area (Å²) in [5.41, 5.74) is 1.88. The lowest BCUT2D eigenvalue weighted by molar-refractivity contribution is -0.137. The second-order valence-electron chi connectivity index (χ2n) is 7.01. The number of hydrogen-bond donors (Lipinski definition) is 2. The first-order valence-corrected chi connectivity index (χ1v) is 10.8. The van der Waals surface area contributed by atoms with Crippen molar-refractivity contribution in [3.05, 3.63) is 87.9 Å². The fourth-order valence-corrected chi connectivity index (χ4v) is 3.22. The maximum atomic E-state index is 12.6. The number of hydrazone groups is 1. The van der Waals surface area contributed by atoms with Gasteiger partial charge in [-0.1, -0.05) is 12.1 Å². The Bertz CT molecular complexity index is 1310. The molecule has 0 saturated carbocycles. The van der Waals surface area contributed by atoms with Crippen molar-refractivity contribution in [3.8, 4) is 11.5 Å². The summed E-state index contributed by atoms with van der Waals surface area (Å²) in [5, 5.41) is 5.84. The second kappa shape index (κ2) is 11.5. The summed E-state index contributed by atoms with van der Waals surface area (Å²) < 4.78 is 49.0. The number of alkyl halides is 3. The summed E-state index contributed by atoms with van der Waals surface area (Å²) >= 11 is 3.28. The van der Waals surface area contributed by atoms with Crippen LogP contribution in [0, 0.1) is 0 Å². The third-order valence-electron chi connectivity index (χ3n) is 4.54.